The van der Waals surface area contributed by atoms with Crippen molar-refractivity contribution in [2.24, 2.45) is 0 Å². The molecule has 0 spiro atoms. The van der Waals surface area contributed by atoms with Gasteiger partial charge in [-0.3, -0.25) is 9.89 Å². The van der Waals surface area contributed by atoms with E-state index in [0.29, 0.717) is 23.6 Å². The first kappa shape index (κ1) is 22.5. The number of H-pyrrole nitrogens is 1. The Labute approximate surface area is 189 Å². The molecular weight excluding hydrogens is 425 g/mol. The summed E-state index contributed by atoms with van der Waals surface area (Å²) in [6, 6.07) is 4.29. The molecule has 0 unspecified atom stereocenters. The molecular formula is C23H32FN5O2Si. The van der Waals surface area contributed by atoms with Crippen LogP contribution in [0.25, 0.3) is 0 Å². The van der Waals surface area contributed by atoms with Crippen molar-refractivity contribution in [1.82, 2.24) is 15.1 Å². The molecule has 1 aromatic carbocycles. The van der Waals surface area contributed by atoms with E-state index in [1.54, 1.807) is 24.0 Å². The van der Waals surface area contributed by atoms with Crippen LogP contribution in [0.5, 0.6) is 0 Å². The Morgan fingerprint density at radius 1 is 1.19 bits per heavy atom. The Morgan fingerprint density at radius 3 is 2.47 bits per heavy atom. The van der Waals surface area contributed by atoms with E-state index in [4.69, 9.17) is 0 Å². The van der Waals surface area contributed by atoms with Crippen LogP contribution in [0.2, 0.25) is 24.7 Å². The molecule has 0 atom stereocenters. The van der Waals surface area contributed by atoms with Gasteiger partial charge in [-0.2, -0.15) is 5.10 Å². The molecule has 1 fully saturated rings. The van der Waals surface area contributed by atoms with Crippen molar-refractivity contribution in [2.75, 3.05) is 10.6 Å². The minimum atomic E-state index is -1.71. The molecule has 172 valence electrons. The molecule has 4 rings (SSSR count). The molecule has 0 bridgehead atoms. The lowest BCUT2D eigenvalue weighted by Gasteiger charge is -2.48. The molecule has 0 radical (unpaired) electrons. The van der Waals surface area contributed by atoms with Gasteiger partial charge in [0, 0.05) is 21.9 Å². The zero-order chi connectivity index (χ0) is 23.5. The minimum absolute atomic E-state index is 0.0494. The van der Waals surface area contributed by atoms with Crippen molar-refractivity contribution >= 4 is 31.5 Å². The summed E-state index contributed by atoms with van der Waals surface area (Å²) >= 11 is 0. The van der Waals surface area contributed by atoms with Crippen LogP contribution in [-0.4, -0.2) is 35.1 Å². The predicted octanol–water partition coefficient (Wildman–Crippen LogP) is 5.34. The number of fused-ring (bicyclic) bond motifs is 1. The van der Waals surface area contributed by atoms with E-state index < -0.39 is 13.6 Å². The van der Waals surface area contributed by atoms with Gasteiger partial charge in [0.1, 0.15) is 5.82 Å². The average molecular weight is 458 g/mol. The maximum absolute atomic E-state index is 13.9. The largest absolute Gasteiger partial charge is 0.322 e. The van der Waals surface area contributed by atoms with Crippen LogP contribution in [0.3, 0.4) is 0 Å². The van der Waals surface area contributed by atoms with E-state index in [1.807, 2.05) is 13.8 Å². The number of urea groups is 1. The molecule has 9 heteroatoms. The van der Waals surface area contributed by atoms with Crippen LogP contribution in [0.4, 0.5) is 20.7 Å². The number of carbonyl (C=O) groups excluding carboxylic acids is 2. The molecule has 1 aromatic heterocycles. The molecule has 3 amide bonds. The van der Waals surface area contributed by atoms with Crippen LogP contribution in [0, 0.1) is 12.7 Å². The van der Waals surface area contributed by atoms with Gasteiger partial charge in [-0.05, 0) is 45.7 Å². The second kappa shape index (κ2) is 7.43. The second-order valence-corrected chi connectivity index (χ2v) is 16.0. The number of hydrogen-bond donors (Lipinski definition) is 3. The number of halogens is 1. The molecule has 7 nitrogen and oxygen atoms in total. The van der Waals surface area contributed by atoms with E-state index >= 15 is 0 Å². The number of amides is 3. The van der Waals surface area contributed by atoms with Crippen molar-refractivity contribution in [3.63, 3.8) is 0 Å². The number of rotatable bonds is 4. The van der Waals surface area contributed by atoms with Crippen molar-refractivity contribution in [2.45, 2.75) is 76.8 Å². The monoisotopic (exact) mass is 457 g/mol. The number of nitrogens with one attached hydrogen (secondary N) is 3. The highest BCUT2D eigenvalue weighted by atomic mass is 28.3. The summed E-state index contributed by atoms with van der Waals surface area (Å²) in [5, 5.41) is 13.1. The Bertz CT molecular complexity index is 1080. The van der Waals surface area contributed by atoms with Gasteiger partial charge < -0.3 is 15.5 Å². The van der Waals surface area contributed by atoms with Gasteiger partial charge in [0.2, 0.25) is 5.91 Å². The summed E-state index contributed by atoms with van der Waals surface area (Å²) in [4.78, 5) is 28.1. The van der Waals surface area contributed by atoms with E-state index in [0.717, 1.165) is 30.5 Å². The third-order valence-corrected chi connectivity index (χ3v) is 11.1. The fraction of sp³-hybridized carbons (Fsp3) is 0.522. The second-order valence-electron chi connectivity index (χ2n) is 10.6. The highest BCUT2D eigenvalue weighted by Gasteiger charge is 2.54. The molecule has 32 heavy (non-hydrogen) atoms. The summed E-state index contributed by atoms with van der Waals surface area (Å²) in [5.41, 5.74) is 1.79. The fourth-order valence-electron chi connectivity index (χ4n) is 4.95. The Balaban J connectivity index is 1.55. The van der Waals surface area contributed by atoms with Gasteiger partial charge in [-0.25, -0.2) is 9.18 Å². The lowest BCUT2D eigenvalue weighted by molar-refractivity contribution is -0.121. The maximum atomic E-state index is 13.9. The number of carbonyl (C=O) groups is 2. The van der Waals surface area contributed by atoms with Crippen LogP contribution in [0.15, 0.2) is 18.2 Å². The zero-order valence-corrected chi connectivity index (χ0v) is 20.6. The summed E-state index contributed by atoms with van der Waals surface area (Å²) in [6.45, 7) is 12.5. The lowest BCUT2D eigenvalue weighted by Crippen LogP contribution is -2.52. The molecule has 1 aliphatic heterocycles. The number of nitrogens with zero attached hydrogens (tertiary/aromatic N) is 2. The van der Waals surface area contributed by atoms with Gasteiger partial charge in [-0.15, -0.1) is 0 Å². The van der Waals surface area contributed by atoms with Crippen molar-refractivity contribution in [1.29, 1.82) is 0 Å². The van der Waals surface area contributed by atoms with E-state index in [2.05, 4.69) is 40.5 Å². The summed E-state index contributed by atoms with van der Waals surface area (Å²) in [5.74, 6) is 0.184. The normalized spacial score (nSPS) is 18.7. The Kier molecular flexibility index (Phi) is 5.23. The van der Waals surface area contributed by atoms with Gasteiger partial charge in [0.05, 0.1) is 25.9 Å². The van der Waals surface area contributed by atoms with Crippen molar-refractivity contribution < 1.29 is 14.0 Å². The van der Waals surface area contributed by atoms with Crippen LogP contribution in [-0.2, 0) is 16.9 Å². The SMILES string of the molecule is Cc1c(F)cccc1NC(=O)N1Cc2c(NC(=O)C3([Si](C)(C)C)CCC3)n[nH]c2C1(C)C. The molecule has 2 aromatic rings. The number of anilines is 2. The van der Waals surface area contributed by atoms with E-state index in [-0.39, 0.29) is 22.8 Å². The standard InChI is InChI=1S/C23H32FN5O2Si/c1-14-16(24)9-7-10-17(14)25-21(31)29-13-15-18(22(29,2)3)27-28-19(15)26-20(30)23(11-8-12-23)32(4,5)6/h7,9-10H,8,11-13H2,1-6H3,(H,25,31)(H2,26,27,28,30). The Hall–Kier alpha value is -2.68. The quantitative estimate of drug-likeness (QED) is 0.541. The lowest BCUT2D eigenvalue weighted by atomic mass is 9.83. The van der Waals surface area contributed by atoms with Gasteiger partial charge >= 0.3 is 6.03 Å². The number of benzene rings is 1. The van der Waals surface area contributed by atoms with Gasteiger partial charge in [0.25, 0.3) is 0 Å². The number of aromatic nitrogens is 2. The average Bonchev–Trinajstić information content (AvgIpc) is 3.15. The number of aromatic amines is 1. The van der Waals surface area contributed by atoms with Crippen LogP contribution >= 0.6 is 0 Å². The minimum Gasteiger partial charge on any atom is -0.309 e. The zero-order valence-electron chi connectivity index (χ0n) is 19.6. The van der Waals surface area contributed by atoms with Gasteiger partial charge in [0.15, 0.2) is 5.82 Å². The molecule has 3 N–H and O–H groups in total. The molecule has 1 aliphatic carbocycles. The molecule has 1 saturated carbocycles. The van der Waals surface area contributed by atoms with Crippen LogP contribution in [0.1, 0.15) is 49.9 Å². The molecule has 2 heterocycles. The third kappa shape index (κ3) is 3.34. The maximum Gasteiger partial charge on any atom is 0.322 e. The van der Waals surface area contributed by atoms with Gasteiger partial charge in [-0.1, -0.05) is 32.1 Å². The van der Waals surface area contributed by atoms with Crippen molar-refractivity contribution in [3.8, 4) is 0 Å². The topological polar surface area (TPSA) is 90.1 Å². The first-order chi connectivity index (χ1) is 14.9. The van der Waals surface area contributed by atoms with Crippen LogP contribution < -0.4 is 10.6 Å². The van der Waals surface area contributed by atoms with E-state index in [9.17, 15) is 14.0 Å². The number of hydrogen-bond acceptors (Lipinski definition) is 3. The highest BCUT2D eigenvalue weighted by molar-refractivity contribution is 6.83. The van der Waals surface area contributed by atoms with Crippen molar-refractivity contribution in [3.05, 3.63) is 40.8 Å². The highest BCUT2D eigenvalue weighted by Crippen LogP contribution is 2.56. The smallest absolute Gasteiger partial charge is 0.309 e. The first-order valence-corrected chi connectivity index (χ1v) is 14.6. The predicted molar refractivity (Wildman–Crippen MR) is 126 cm³/mol. The molecule has 2 aliphatic rings. The summed E-state index contributed by atoms with van der Waals surface area (Å²) < 4.78 is 13.9. The fourth-order valence-corrected chi connectivity index (χ4v) is 7.54. The summed E-state index contributed by atoms with van der Waals surface area (Å²) in [6.07, 6.45) is 2.93. The van der Waals surface area contributed by atoms with E-state index in [1.165, 1.54) is 6.07 Å². The molecule has 0 saturated heterocycles. The Morgan fingerprint density at radius 2 is 1.88 bits per heavy atom. The summed E-state index contributed by atoms with van der Waals surface area (Å²) in [7, 11) is -1.71. The third-order valence-electron chi connectivity index (χ3n) is 7.53. The first-order valence-electron chi connectivity index (χ1n) is 11.1.